The molecule has 0 heterocycles. The molecule has 68 valence electrons. The van der Waals surface area contributed by atoms with Crippen LogP contribution in [0.25, 0.3) is 10.4 Å². The van der Waals surface area contributed by atoms with Crippen LogP contribution in [-0.2, 0) is 0 Å². The topological polar surface area (TPSA) is 48.8 Å². The number of hydrogen-bond donors (Lipinski definition) is 0. The van der Waals surface area contributed by atoms with E-state index < -0.39 is 0 Å². The second-order valence-corrected chi connectivity index (χ2v) is 3.79. The van der Waals surface area contributed by atoms with Crippen LogP contribution in [0.2, 0.25) is 0 Å². The molecule has 1 aromatic carbocycles. The lowest BCUT2D eigenvalue weighted by molar-refractivity contribution is 0.769. The maximum atomic E-state index is 8.17. The van der Waals surface area contributed by atoms with Gasteiger partial charge in [-0.25, -0.2) is 0 Å². The molecular formula is C9H10BrN3. The predicted molar refractivity (Wildman–Crippen MR) is 56.6 cm³/mol. The van der Waals surface area contributed by atoms with Crippen LogP contribution in [0.4, 0.5) is 0 Å². The molecule has 0 aromatic heterocycles. The molecule has 1 atom stereocenters. The Bertz CT molecular complexity index is 331. The molecule has 1 aromatic rings. The molecule has 0 radical (unpaired) electrons. The number of azide groups is 1. The van der Waals surface area contributed by atoms with Crippen molar-refractivity contribution in [2.75, 3.05) is 6.54 Å². The predicted octanol–water partition coefficient (Wildman–Crippen LogP) is 3.86. The van der Waals surface area contributed by atoms with Gasteiger partial charge in [-0.2, -0.15) is 0 Å². The first-order chi connectivity index (χ1) is 6.24. The van der Waals surface area contributed by atoms with E-state index >= 15 is 0 Å². The van der Waals surface area contributed by atoms with Crippen molar-refractivity contribution >= 4 is 15.9 Å². The second-order valence-electron chi connectivity index (χ2n) is 2.87. The van der Waals surface area contributed by atoms with Crippen LogP contribution < -0.4 is 0 Å². The third-order valence-corrected chi connectivity index (χ3v) is 2.33. The molecule has 0 fully saturated rings. The molecule has 0 aliphatic rings. The van der Waals surface area contributed by atoms with Gasteiger partial charge in [0.1, 0.15) is 0 Å². The van der Waals surface area contributed by atoms with Gasteiger partial charge in [-0.05, 0) is 29.1 Å². The summed E-state index contributed by atoms with van der Waals surface area (Å²) in [6.45, 7) is 2.55. The van der Waals surface area contributed by atoms with Gasteiger partial charge in [-0.3, -0.25) is 0 Å². The summed E-state index contributed by atoms with van der Waals surface area (Å²) in [6.07, 6.45) is 0. The summed E-state index contributed by atoms with van der Waals surface area (Å²) < 4.78 is 1.05. The third kappa shape index (κ3) is 3.09. The van der Waals surface area contributed by atoms with Crippen molar-refractivity contribution in [1.29, 1.82) is 0 Å². The van der Waals surface area contributed by atoms with E-state index in [2.05, 4.69) is 26.0 Å². The zero-order chi connectivity index (χ0) is 9.68. The Kier molecular flexibility index (Phi) is 3.80. The minimum Gasteiger partial charge on any atom is -0.0934 e. The van der Waals surface area contributed by atoms with Gasteiger partial charge in [-0.1, -0.05) is 40.1 Å². The zero-order valence-electron chi connectivity index (χ0n) is 7.31. The molecular weight excluding hydrogens is 230 g/mol. The third-order valence-electron chi connectivity index (χ3n) is 1.84. The van der Waals surface area contributed by atoms with Crippen molar-refractivity contribution in [2.24, 2.45) is 5.11 Å². The zero-order valence-corrected chi connectivity index (χ0v) is 8.90. The van der Waals surface area contributed by atoms with E-state index in [9.17, 15) is 0 Å². The Hall–Kier alpha value is -0.990. The minimum atomic E-state index is 0.272. The van der Waals surface area contributed by atoms with Crippen molar-refractivity contribution in [3.05, 3.63) is 44.7 Å². The SMILES string of the molecule is CC(CN=[N+]=[N-])c1cccc(Br)c1. The molecule has 0 saturated heterocycles. The highest BCUT2D eigenvalue weighted by Gasteiger charge is 2.03. The lowest BCUT2D eigenvalue weighted by Crippen LogP contribution is -1.96. The number of halogens is 1. The van der Waals surface area contributed by atoms with Gasteiger partial charge in [0.2, 0.25) is 0 Å². The van der Waals surface area contributed by atoms with Gasteiger partial charge in [0, 0.05) is 15.9 Å². The Morgan fingerprint density at radius 3 is 3.00 bits per heavy atom. The van der Waals surface area contributed by atoms with Crippen molar-refractivity contribution in [1.82, 2.24) is 0 Å². The van der Waals surface area contributed by atoms with E-state index in [1.165, 1.54) is 5.56 Å². The summed E-state index contributed by atoms with van der Waals surface area (Å²) >= 11 is 3.40. The lowest BCUT2D eigenvalue weighted by atomic mass is 10.0. The van der Waals surface area contributed by atoms with Crippen LogP contribution in [0.3, 0.4) is 0 Å². The Labute approximate surface area is 85.5 Å². The van der Waals surface area contributed by atoms with Gasteiger partial charge < -0.3 is 0 Å². The second kappa shape index (κ2) is 4.90. The van der Waals surface area contributed by atoms with Gasteiger partial charge in [0.15, 0.2) is 0 Å². The van der Waals surface area contributed by atoms with E-state index in [0.29, 0.717) is 6.54 Å². The molecule has 0 saturated carbocycles. The molecule has 1 rings (SSSR count). The van der Waals surface area contributed by atoms with E-state index in [1.54, 1.807) is 0 Å². The first-order valence-electron chi connectivity index (χ1n) is 4.00. The summed E-state index contributed by atoms with van der Waals surface area (Å²) in [6, 6.07) is 8.02. The van der Waals surface area contributed by atoms with Crippen molar-refractivity contribution in [3.8, 4) is 0 Å². The Morgan fingerprint density at radius 1 is 1.62 bits per heavy atom. The van der Waals surface area contributed by atoms with Gasteiger partial charge in [0.05, 0.1) is 0 Å². The summed E-state index contributed by atoms with van der Waals surface area (Å²) in [5, 5.41) is 3.54. The summed E-state index contributed by atoms with van der Waals surface area (Å²) in [5.41, 5.74) is 9.35. The molecule has 13 heavy (non-hydrogen) atoms. The fraction of sp³-hybridized carbons (Fsp3) is 0.333. The molecule has 3 nitrogen and oxygen atoms in total. The maximum Gasteiger partial charge on any atom is 0.0324 e. The van der Waals surface area contributed by atoms with Crippen LogP contribution in [-0.4, -0.2) is 6.54 Å². The molecule has 0 aliphatic carbocycles. The maximum absolute atomic E-state index is 8.17. The van der Waals surface area contributed by atoms with E-state index in [-0.39, 0.29) is 5.92 Å². The van der Waals surface area contributed by atoms with Gasteiger partial charge >= 0.3 is 0 Å². The fourth-order valence-electron chi connectivity index (χ4n) is 1.08. The average Bonchev–Trinajstić information content (AvgIpc) is 2.14. The summed E-state index contributed by atoms with van der Waals surface area (Å²) in [5.74, 6) is 0.272. The van der Waals surface area contributed by atoms with E-state index in [0.717, 1.165) is 4.47 Å². The molecule has 0 bridgehead atoms. The summed E-state index contributed by atoms with van der Waals surface area (Å²) in [7, 11) is 0. The number of hydrogen-bond acceptors (Lipinski definition) is 1. The Balaban J connectivity index is 2.76. The molecule has 4 heteroatoms. The monoisotopic (exact) mass is 239 g/mol. The number of nitrogens with zero attached hydrogens (tertiary/aromatic N) is 3. The quantitative estimate of drug-likeness (QED) is 0.437. The Morgan fingerprint density at radius 2 is 2.38 bits per heavy atom. The molecule has 0 N–H and O–H groups in total. The largest absolute Gasteiger partial charge is 0.0934 e. The summed E-state index contributed by atoms with van der Waals surface area (Å²) in [4.78, 5) is 2.74. The highest BCUT2D eigenvalue weighted by molar-refractivity contribution is 9.10. The number of benzene rings is 1. The highest BCUT2D eigenvalue weighted by Crippen LogP contribution is 2.19. The van der Waals surface area contributed by atoms with Gasteiger partial charge in [-0.15, -0.1) is 0 Å². The molecule has 0 amide bonds. The van der Waals surface area contributed by atoms with E-state index in [4.69, 9.17) is 5.53 Å². The van der Waals surface area contributed by atoms with Crippen LogP contribution in [0, 0.1) is 0 Å². The first-order valence-corrected chi connectivity index (χ1v) is 4.79. The smallest absolute Gasteiger partial charge is 0.0324 e. The molecule has 0 spiro atoms. The fourth-order valence-corrected chi connectivity index (χ4v) is 1.49. The molecule has 0 aliphatic heterocycles. The minimum absolute atomic E-state index is 0.272. The average molecular weight is 240 g/mol. The highest BCUT2D eigenvalue weighted by atomic mass is 79.9. The van der Waals surface area contributed by atoms with Crippen LogP contribution in [0.1, 0.15) is 18.4 Å². The van der Waals surface area contributed by atoms with Gasteiger partial charge in [0.25, 0.3) is 0 Å². The van der Waals surface area contributed by atoms with Crippen LogP contribution in [0.5, 0.6) is 0 Å². The number of rotatable bonds is 3. The molecule has 1 unspecified atom stereocenters. The van der Waals surface area contributed by atoms with Crippen LogP contribution in [0.15, 0.2) is 33.9 Å². The first kappa shape index (κ1) is 10.1. The van der Waals surface area contributed by atoms with Crippen molar-refractivity contribution in [3.63, 3.8) is 0 Å². The van der Waals surface area contributed by atoms with Crippen LogP contribution >= 0.6 is 15.9 Å². The van der Waals surface area contributed by atoms with Crippen molar-refractivity contribution in [2.45, 2.75) is 12.8 Å². The van der Waals surface area contributed by atoms with Crippen molar-refractivity contribution < 1.29 is 0 Å². The lowest BCUT2D eigenvalue weighted by Gasteiger charge is -2.07. The normalized spacial score (nSPS) is 11.8. The van der Waals surface area contributed by atoms with E-state index in [1.807, 2.05) is 31.2 Å². The standard InChI is InChI=1S/C9H10BrN3/c1-7(6-12-13-11)8-3-2-4-9(10)5-8/h2-5,7H,6H2,1H3.